The lowest BCUT2D eigenvalue weighted by atomic mass is 10.0. The highest BCUT2D eigenvalue weighted by atomic mass is 32.2. The lowest BCUT2D eigenvalue weighted by Gasteiger charge is -2.37. The molecule has 0 spiro atoms. The van der Waals surface area contributed by atoms with Crippen molar-refractivity contribution in [2.45, 2.75) is 6.92 Å². The van der Waals surface area contributed by atoms with E-state index in [9.17, 15) is 18.5 Å². The summed E-state index contributed by atoms with van der Waals surface area (Å²) in [7, 11) is -3.13. The molecule has 1 N–H and O–H groups in total. The first-order valence-corrected chi connectivity index (χ1v) is 9.23. The van der Waals surface area contributed by atoms with E-state index in [1.165, 1.54) is 20.0 Å². The smallest absolute Gasteiger partial charge is 0.363 e. The number of aromatic nitrogens is 2. The number of hydrogen-bond acceptors (Lipinski definition) is 7. The molecule has 11 heteroatoms. The Labute approximate surface area is 130 Å². The Balaban J connectivity index is 1.65. The van der Waals surface area contributed by atoms with Crippen molar-refractivity contribution in [2.24, 2.45) is 5.92 Å². The van der Waals surface area contributed by atoms with Crippen LogP contribution in [0.25, 0.3) is 4.96 Å². The minimum atomic E-state index is -3.13. The molecule has 0 radical (unpaired) electrons. The van der Waals surface area contributed by atoms with Gasteiger partial charge >= 0.3 is 5.82 Å². The topological polar surface area (TPSA) is 110 Å². The maximum absolute atomic E-state index is 11.6. The molecule has 120 valence electrons. The van der Waals surface area contributed by atoms with Gasteiger partial charge in [-0.05, 0) is 11.8 Å². The third kappa shape index (κ3) is 2.55. The second kappa shape index (κ2) is 5.48. The molecule has 0 bridgehead atoms. The highest BCUT2D eigenvalue weighted by Gasteiger charge is 2.35. The standard InChI is InChI=1S/C11H15N5O4S2/c1-2-22(19,20)14-6-8(7-14)5-12-9-10(16(17)18)15-3-4-21-11(15)13-9/h3-4,8,12H,2,5-7H2,1H3. The molecular weight excluding hydrogens is 330 g/mol. The van der Waals surface area contributed by atoms with Crippen molar-refractivity contribution in [3.63, 3.8) is 0 Å². The Morgan fingerprint density at radius 3 is 2.91 bits per heavy atom. The summed E-state index contributed by atoms with van der Waals surface area (Å²) in [5, 5.41) is 15.9. The van der Waals surface area contributed by atoms with Crippen LogP contribution in [0.2, 0.25) is 0 Å². The van der Waals surface area contributed by atoms with Gasteiger partial charge in [-0.3, -0.25) is 0 Å². The Morgan fingerprint density at radius 1 is 1.55 bits per heavy atom. The number of sulfonamides is 1. The summed E-state index contributed by atoms with van der Waals surface area (Å²) in [6.45, 7) is 2.96. The third-order valence-corrected chi connectivity index (χ3v) is 6.22. The molecule has 1 fully saturated rings. The molecule has 0 unspecified atom stereocenters. The summed E-state index contributed by atoms with van der Waals surface area (Å²) >= 11 is 1.32. The Kier molecular flexibility index (Phi) is 3.78. The second-order valence-corrected chi connectivity index (χ2v) is 8.19. The zero-order valence-corrected chi connectivity index (χ0v) is 13.4. The molecule has 0 amide bonds. The van der Waals surface area contributed by atoms with Crippen molar-refractivity contribution in [1.82, 2.24) is 13.7 Å². The van der Waals surface area contributed by atoms with Gasteiger partial charge in [0.25, 0.3) is 4.96 Å². The molecule has 3 heterocycles. The van der Waals surface area contributed by atoms with Crippen LogP contribution in [0.15, 0.2) is 11.6 Å². The normalized spacial score (nSPS) is 16.8. The number of fused-ring (bicyclic) bond motifs is 1. The molecule has 1 aliphatic heterocycles. The van der Waals surface area contributed by atoms with Crippen LogP contribution in [0.5, 0.6) is 0 Å². The fraction of sp³-hybridized carbons (Fsp3) is 0.545. The van der Waals surface area contributed by atoms with Gasteiger partial charge in [0.2, 0.25) is 15.8 Å². The predicted octanol–water partition coefficient (Wildman–Crippen LogP) is 0.997. The Bertz CT molecular complexity index is 806. The van der Waals surface area contributed by atoms with Crippen molar-refractivity contribution >= 4 is 38.0 Å². The van der Waals surface area contributed by atoms with Crippen LogP contribution in [0.3, 0.4) is 0 Å². The van der Waals surface area contributed by atoms with E-state index in [4.69, 9.17) is 0 Å². The number of nitrogens with one attached hydrogen (secondary N) is 1. The van der Waals surface area contributed by atoms with Crippen molar-refractivity contribution in [1.29, 1.82) is 0 Å². The van der Waals surface area contributed by atoms with Crippen LogP contribution in [0.4, 0.5) is 11.6 Å². The van der Waals surface area contributed by atoms with Gasteiger partial charge in [-0.25, -0.2) is 12.7 Å². The Morgan fingerprint density at radius 2 is 2.27 bits per heavy atom. The molecular formula is C11H15N5O4S2. The van der Waals surface area contributed by atoms with Crippen molar-refractivity contribution in [3.05, 3.63) is 21.7 Å². The Hall–Kier alpha value is -1.72. The highest BCUT2D eigenvalue weighted by molar-refractivity contribution is 7.89. The fourth-order valence-corrected chi connectivity index (χ4v) is 4.32. The first-order valence-electron chi connectivity index (χ1n) is 6.74. The van der Waals surface area contributed by atoms with Crippen LogP contribution >= 0.6 is 11.3 Å². The van der Waals surface area contributed by atoms with E-state index in [2.05, 4.69) is 10.3 Å². The average molecular weight is 345 g/mol. The van der Waals surface area contributed by atoms with Crippen molar-refractivity contribution in [3.8, 4) is 0 Å². The number of imidazole rings is 1. The van der Waals surface area contributed by atoms with E-state index in [-0.39, 0.29) is 23.3 Å². The van der Waals surface area contributed by atoms with E-state index in [0.29, 0.717) is 24.6 Å². The fourth-order valence-electron chi connectivity index (χ4n) is 2.37. The summed E-state index contributed by atoms with van der Waals surface area (Å²) < 4.78 is 26.1. The minimum absolute atomic E-state index is 0.0893. The first-order chi connectivity index (χ1) is 10.4. The van der Waals surface area contributed by atoms with E-state index in [1.54, 1.807) is 18.5 Å². The zero-order valence-electron chi connectivity index (χ0n) is 11.8. The lowest BCUT2D eigenvalue weighted by Crippen LogP contribution is -2.52. The molecule has 0 aliphatic carbocycles. The van der Waals surface area contributed by atoms with Crippen LogP contribution in [0, 0.1) is 16.0 Å². The summed E-state index contributed by atoms with van der Waals surface area (Å²) in [6.07, 6.45) is 1.61. The van der Waals surface area contributed by atoms with E-state index < -0.39 is 14.9 Å². The number of rotatable bonds is 6. The van der Waals surface area contributed by atoms with Crippen LogP contribution in [-0.2, 0) is 10.0 Å². The van der Waals surface area contributed by atoms with E-state index in [1.807, 2.05) is 0 Å². The molecule has 0 atom stereocenters. The number of hydrogen-bond donors (Lipinski definition) is 1. The van der Waals surface area contributed by atoms with Gasteiger partial charge in [0.05, 0.1) is 5.75 Å². The van der Waals surface area contributed by atoms with Crippen molar-refractivity contribution < 1.29 is 13.3 Å². The van der Waals surface area contributed by atoms with Gasteiger partial charge in [0.1, 0.15) is 6.20 Å². The lowest BCUT2D eigenvalue weighted by molar-refractivity contribution is -0.389. The van der Waals surface area contributed by atoms with Gasteiger partial charge in [-0.1, -0.05) is 11.3 Å². The number of nitrogens with zero attached hydrogens (tertiary/aromatic N) is 4. The second-order valence-electron chi connectivity index (χ2n) is 5.06. The molecule has 3 rings (SSSR count). The van der Waals surface area contributed by atoms with Gasteiger partial charge < -0.3 is 15.4 Å². The van der Waals surface area contributed by atoms with E-state index in [0.717, 1.165) is 0 Å². The SMILES string of the molecule is CCS(=O)(=O)N1CC(CNc2nc3sccn3c2[N+](=O)[O-])C1. The molecule has 2 aromatic rings. The van der Waals surface area contributed by atoms with Crippen LogP contribution in [0.1, 0.15) is 6.92 Å². The number of nitro groups is 1. The molecule has 1 aliphatic rings. The third-order valence-electron chi connectivity index (χ3n) is 3.65. The average Bonchev–Trinajstić information content (AvgIpc) is 2.95. The monoisotopic (exact) mass is 345 g/mol. The van der Waals surface area contributed by atoms with Gasteiger partial charge in [0, 0.05) is 30.9 Å². The van der Waals surface area contributed by atoms with Gasteiger partial charge in [-0.15, -0.1) is 0 Å². The summed E-state index contributed by atoms with van der Waals surface area (Å²) in [5.41, 5.74) is 0. The van der Waals surface area contributed by atoms with Gasteiger partial charge in [-0.2, -0.15) is 9.38 Å². The largest absolute Gasteiger partial charge is 0.372 e. The van der Waals surface area contributed by atoms with E-state index >= 15 is 0 Å². The molecule has 0 saturated carbocycles. The highest BCUT2D eigenvalue weighted by Crippen LogP contribution is 2.29. The summed E-state index contributed by atoms with van der Waals surface area (Å²) in [4.78, 5) is 15.5. The molecule has 0 aromatic carbocycles. The maximum atomic E-state index is 11.6. The molecule has 2 aromatic heterocycles. The number of thiazole rings is 1. The number of anilines is 1. The first kappa shape index (κ1) is 15.2. The van der Waals surface area contributed by atoms with Crippen LogP contribution < -0.4 is 5.32 Å². The molecule has 1 saturated heterocycles. The van der Waals surface area contributed by atoms with Crippen LogP contribution in [-0.4, -0.2) is 52.4 Å². The maximum Gasteiger partial charge on any atom is 0.372 e. The molecule has 22 heavy (non-hydrogen) atoms. The zero-order chi connectivity index (χ0) is 15.9. The quantitative estimate of drug-likeness (QED) is 0.618. The predicted molar refractivity (Wildman–Crippen MR) is 82.7 cm³/mol. The molecule has 9 nitrogen and oxygen atoms in total. The van der Waals surface area contributed by atoms with Gasteiger partial charge in [0.15, 0.2) is 0 Å². The summed E-state index contributed by atoms with van der Waals surface area (Å²) in [6, 6.07) is 0. The summed E-state index contributed by atoms with van der Waals surface area (Å²) in [5.74, 6) is 0.374. The van der Waals surface area contributed by atoms with Crippen molar-refractivity contribution in [2.75, 3.05) is 30.7 Å². The minimum Gasteiger partial charge on any atom is -0.363 e.